The molecule has 0 radical (unpaired) electrons. The number of hydrogen-bond donors (Lipinski definition) is 0. The molecule has 0 N–H and O–H groups in total. The van der Waals surface area contributed by atoms with E-state index in [-0.39, 0.29) is 0 Å². The Labute approximate surface area is 149 Å². The van der Waals surface area contributed by atoms with Crippen LogP contribution in [0.25, 0.3) is 0 Å². The topological polar surface area (TPSA) is 6.48 Å². The highest BCUT2D eigenvalue weighted by molar-refractivity contribution is 5.23. The highest BCUT2D eigenvalue weighted by atomic mass is 15.2. The first-order valence-electron chi connectivity index (χ1n) is 9.63. The zero-order valence-corrected chi connectivity index (χ0v) is 16.2. The third-order valence-corrected chi connectivity index (χ3v) is 4.80. The van der Waals surface area contributed by atoms with E-state index in [2.05, 4.69) is 74.2 Å². The van der Waals surface area contributed by atoms with E-state index in [0.29, 0.717) is 0 Å². The van der Waals surface area contributed by atoms with Crippen molar-refractivity contribution in [2.45, 2.75) is 46.1 Å². The number of rotatable bonds is 9. The monoisotopic (exact) mass is 328 g/mol. The van der Waals surface area contributed by atoms with Crippen molar-refractivity contribution in [1.29, 1.82) is 0 Å². The average Bonchev–Trinajstić information content (AvgIpc) is 2.53. The van der Waals surface area contributed by atoms with Gasteiger partial charge in [0.25, 0.3) is 0 Å². The lowest BCUT2D eigenvalue weighted by Gasteiger charge is -2.29. The Morgan fingerprint density at radius 3 is 2.54 bits per heavy atom. The van der Waals surface area contributed by atoms with Gasteiger partial charge >= 0.3 is 0 Å². The lowest BCUT2D eigenvalue weighted by atomic mass is 9.93. The third-order valence-electron chi connectivity index (χ3n) is 4.80. The Bertz CT molecular complexity index is 504. The van der Waals surface area contributed by atoms with Crippen LogP contribution in [0, 0.1) is 11.8 Å². The first kappa shape index (κ1) is 19.2. The summed E-state index contributed by atoms with van der Waals surface area (Å²) in [5.41, 5.74) is 2.95. The number of likely N-dealkylation sites (N-methyl/N-ethyl adjacent to an activating group) is 1. The van der Waals surface area contributed by atoms with Crippen LogP contribution in [-0.4, -0.2) is 43.5 Å². The molecule has 0 heterocycles. The molecule has 1 aliphatic carbocycles. The molecule has 1 unspecified atom stereocenters. The van der Waals surface area contributed by atoms with Crippen LogP contribution in [-0.2, 0) is 13.0 Å². The third kappa shape index (κ3) is 7.19. The van der Waals surface area contributed by atoms with Crippen LogP contribution in [0.2, 0.25) is 0 Å². The molecule has 0 saturated carbocycles. The smallest absolute Gasteiger partial charge is 0.0234 e. The van der Waals surface area contributed by atoms with Gasteiger partial charge in [-0.05, 0) is 62.7 Å². The largest absolute Gasteiger partial charge is 0.308 e. The lowest BCUT2D eigenvalue weighted by Crippen LogP contribution is -2.35. The number of hydrogen-bond acceptors (Lipinski definition) is 2. The Kier molecular flexibility index (Phi) is 8.01. The summed E-state index contributed by atoms with van der Waals surface area (Å²) in [4.78, 5) is 4.96. The second-order valence-corrected chi connectivity index (χ2v) is 8.11. The maximum Gasteiger partial charge on any atom is 0.0234 e. The Hall–Kier alpha value is -1.12. The molecule has 0 spiro atoms. The van der Waals surface area contributed by atoms with Gasteiger partial charge < -0.3 is 4.90 Å². The molecule has 24 heavy (non-hydrogen) atoms. The van der Waals surface area contributed by atoms with Crippen molar-refractivity contribution in [2.24, 2.45) is 11.8 Å². The summed E-state index contributed by atoms with van der Waals surface area (Å²) in [6.45, 7) is 9.20. The van der Waals surface area contributed by atoms with Crippen LogP contribution in [0.1, 0.15) is 44.2 Å². The van der Waals surface area contributed by atoms with Gasteiger partial charge in [-0.2, -0.15) is 0 Å². The van der Waals surface area contributed by atoms with Crippen LogP contribution in [0.5, 0.6) is 0 Å². The van der Waals surface area contributed by atoms with Crippen molar-refractivity contribution in [3.63, 3.8) is 0 Å². The lowest BCUT2D eigenvalue weighted by molar-refractivity contribution is 0.195. The average molecular weight is 329 g/mol. The van der Waals surface area contributed by atoms with E-state index >= 15 is 0 Å². The molecule has 2 heteroatoms. The summed E-state index contributed by atoms with van der Waals surface area (Å²) >= 11 is 0. The van der Waals surface area contributed by atoms with Crippen molar-refractivity contribution >= 4 is 0 Å². The fraction of sp³-hybridized carbons (Fsp3) is 0.636. The van der Waals surface area contributed by atoms with Gasteiger partial charge in [0, 0.05) is 26.2 Å². The molecule has 2 nitrogen and oxygen atoms in total. The van der Waals surface area contributed by atoms with Crippen LogP contribution < -0.4 is 0 Å². The van der Waals surface area contributed by atoms with Gasteiger partial charge in [-0.1, -0.05) is 50.3 Å². The Morgan fingerprint density at radius 1 is 1.08 bits per heavy atom. The van der Waals surface area contributed by atoms with E-state index in [1.165, 1.54) is 43.4 Å². The Balaban J connectivity index is 1.99. The fourth-order valence-corrected chi connectivity index (χ4v) is 3.55. The first-order valence-corrected chi connectivity index (χ1v) is 9.63. The zero-order chi connectivity index (χ0) is 17.4. The van der Waals surface area contributed by atoms with Gasteiger partial charge in [0.15, 0.2) is 0 Å². The SMILES string of the molecule is CC(C)Cc1cccc(CN(CCN(C)C)CC2CC=CCC2)c1. The molecule has 0 saturated heterocycles. The number of benzene rings is 1. The standard InChI is InChI=1S/C22H36N2/c1-19(2)15-21-11-8-12-22(16-21)18-24(14-13-23(3)4)17-20-9-6-5-7-10-20/h5-6,8,11-12,16,19-20H,7,9-10,13-15,17-18H2,1-4H3. The van der Waals surface area contributed by atoms with Gasteiger partial charge in [-0.15, -0.1) is 0 Å². The molecule has 0 aliphatic heterocycles. The molecular formula is C22H36N2. The second-order valence-electron chi connectivity index (χ2n) is 8.11. The molecule has 1 aromatic rings. The van der Waals surface area contributed by atoms with Gasteiger partial charge in [0.1, 0.15) is 0 Å². The molecule has 1 aliphatic rings. The summed E-state index contributed by atoms with van der Waals surface area (Å²) in [7, 11) is 4.34. The minimum atomic E-state index is 0.721. The van der Waals surface area contributed by atoms with E-state index in [0.717, 1.165) is 31.5 Å². The minimum Gasteiger partial charge on any atom is -0.308 e. The molecule has 0 amide bonds. The quantitative estimate of drug-likeness (QED) is 0.611. The highest BCUT2D eigenvalue weighted by Crippen LogP contribution is 2.20. The molecular weight excluding hydrogens is 292 g/mol. The molecule has 134 valence electrons. The van der Waals surface area contributed by atoms with Gasteiger partial charge in [-0.25, -0.2) is 0 Å². The van der Waals surface area contributed by atoms with Crippen LogP contribution in [0.4, 0.5) is 0 Å². The summed E-state index contributed by atoms with van der Waals surface area (Å²) in [6, 6.07) is 9.23. The number of allylic oxidation sites excluding steroid dienone is 2. The van der Waals surface area contributed by atoms with E-state index in [9.17, 15) is 0 Å². The molecule has 0 bridgehead atoms. The van der Waals surface area contributed by atoms with Crippen molar-refractivity contribution in [2.75, 3.05) is 33.7 Å². The van der Waals surface area contributed by atoms with E-state index in [1.807, 2.05) is 0 Å². The van der Waals surface area contributed by atoms with Crippen molar-refractivity contribution in [1.82, 2.24) is 9.80 Å². The van der Waals surface area contributed by atoms with Gasteiger partial charge in [0.2, 0.25) is 0 Å². The predicted octanol–water partition coefficient (Wildman–Crippen LogP) is 4.61. The summed E-state index contributed by atoms with van der Waals surface area (Å²) < 4.78 is 0. The summed E-state index contributed by atoms with van der Waals surface area (Å²) in [6.07, 6.45) is 9.76. The molecule has 2 rings (SSSR count). The normalized spacial score (nSPS) is 18.0. The van der Waals surface area contributed by atoms with E-state index in [4.69, 9.17) is 0 Å². The van der Waals surface area contributed by atoms with E-state index < -0.39 is 0 Å². The van der Waals surface area contributed by atoms with Crippen LogP contribution in [0.15, 0.2) is 36.4 Å². The van der Waals surface area contributed by atoms with Crippen molar-refractivity contribution in [3.05, 3.63) is 47.5 Å². The maximum atomic E-state index is 2.66. The summed E-state index contributed by atoms with van der Waals surface area (Å²) in [5, 5.41) is 0. The second kappa shape index (κ2) is 10.0. The predicted molar refractivity (Wildman–Crippen MR) is 105 cm³/mol. The van der Waals surface area contributed by atoms with Gasteiger partial charge in [-0.3, -0.25) is 4.90 Å². The van der Waals surface area contributed by atoms with Crippen LogP contribution >= 0.6 is 0 Å². The van der Waals surface area contributed by atoms with Crippen LogP contribution in [0.3, 0.4) is 0 Å². The maximum absolute atomic E-state index is 2.66. The minimum absolute atomic E-state index is 0.721. The fourth-order valence-electron chi connectivity index (χ4n) is 3.55. The van der Waals surface area contributed by atoms with Gasteiger partial charge in [0.05, 0.1) is 0 Å². The molecule has 0 fully saturated rings. The number of nitrogens with zero attached hydrogens (tertiary/aromatic N) is 2. The van der Waals surface area contributed by atoms with Crippen molar-refractivity contribution < 1.29 is 0 Å². The first-order chi connectivity index (χ1) is 11.5. The summed E-state index contributed by atoms with van der Waals surface area (Å²) in [5.74, 6) is 1.55. The van der Waals surface area contributed by atoms with E-state index in [1.54, 1.807) is 0 Å². The zero-order valence-electron chi connectivity index (χ0n) is 16.2. The van der Waals surface area contributed by atoms with Crippen molar-refractivity contribution in [3.8, 4) is 0 Å². The highest BCUT2D eigenvalue weighted by Gasteiger charge is 2.15. The molecule has 1 aromatic carbocycles. The molecule has 1 atom stereocenters. The Morgan fingerprint density at radius 2 is 1.88 bits per heavy atom. The molecule has 0 aromatic heterocycles.